The van der Waals surface area contributed by atoms with Crippen LogP contribution in [0.4, 0.5) is 8.78 Å². The van der Waals surface area contributed by atoms with Gasteiger partial charge in [0.15, 0.2) is 4.90 Å². The molecule has 1 saturated heterocycles. The normalized spacial score (nSPS) is 19.0. The van der Waals surface area contributed by atoms with Crippen molar-refractivity contribution in [3.05, 3.63) is 29.8 Å². The van der Waals surface area contributed by atoms with Crippen LogP contribution in [0, 0.1) is 11.6 Å². The van der Waals surface area contributed by atoms with Crippen LogP contribution in [0.3, 0.4) is 0 Å². The van der Waals surface area contributed by atoms with Crippen LogP contribution >= 0.6 is 0 Å². The highest BCUT2D eigenvalue weighted by molar-refractivity contribution is 7.89. The van der Waals surface area contributed by atoms with E-state index in [4.69, 9.17) is 5.73 Å². The average molecular weight is 333 g/mol. The van der Waals surface area contributed by atoms with E-state index in [9.17, 15) is 22.0 Å². The SMILES string of the molecule is C[C@@H](C(N)=O)N1CCN(S(=O)(=O)c2c(F)cccc2F)CC1. The Bertz CT molecular complexity index is 653. The second-order valence-electron chi connectivity index (χ2n) is 5.07. The minimum atomic E-state index is -4.25. The molecule has 0 saturated carbocycles. The minimum Gasteiger partial charge on any atom is -0.368 e. The van der Waals surface area contributed by atoms with Crippen LogP contribution in [-0.4, -0.2) is 55.8 Å². The minimum absolute atomic E-state index is 0.0354. The Morgan fingerprint density at radius 1 is 1.18 bits per heavy atom. The topological polar surface area (TPSA) is 83.7 Å². The molecule has 22 heavy (non-hydrogen) atoms. The number of hydrogen-bond acceptors (Lipinski definition) is 4. The van der Waals surface area contributed by atoms with Crippen molar-refractivity contribution in [1.29, 1.82) is 0 Å². The maximum Gasteiger partial charge on any atom is 0.249 e. The van der Waals surface area contributed by atoms with E-state index >= 15 is 0 Å². The number of carbonyl (C=O) groups is 1. The Labute approximate surface area is 127 Å². The molecule has 1 atom stereocenters. The van der Waals surface area contributed by atoms with E-state index in [-0.39, 0.29) is 26.2 Å². The second-order valence-corrected chi connectivity index (χ2v) is 6.94. The predicted molar refractivity (Wildman–Crippen MR) is 75.3 cm³/mol. The van der Waals surface area contributed by atoms with Gasteiger partial charge in [-0.2, -0.15) is 4.31 Å². The van der Waals surface area contributed by atoms with Crippen LogP contribution in [-0.2, 0) is 14.8 Å². The van der Waals surface area contributed by atoms with Gasteiger partial charge in [0.1, 0.15) is 11.6 Å². The number of nitrogens with zero attached hydrogens (tertiary/aromatic N) is 2. The van der Waals surface area contributed by atoms with Gasteiger partial charge in [0, 0.05) is 26.2 Å². The molecule has 1 heterocycles. The highest BCUT2D eigenvalue weighted by Crippen LogP contribution is 2.23. The van der Waals surface area contributed by atoms with Crippen molar-refractivity contribution in [3.8, 4) is 0 Å². The summed E-state index contributed by atoms with van der Waals surface area (Å²) in [4.78, 5) is 11.9. The molecule has 1 aliphatic heterocycles. The fourth-order valence-corrected chi connectivity index (χ4v) is 3.90. The first-order valence-electron chi connectivity index (χ1n) is 6.72. The molecule has 9 heteroatoms. The zero-order chi connectivity index (χ0) is 16.5. The van der Waals surface area contributed by atoms with Gasteiger partial charge in [0.05, 0.1) is 6.04 Å². The third-order valence-electron chi connectivity index (χ3n) is 3.75. The molecule has 1 amide bonds. The highest BCUT2D eigenvalue weighted by Gasteiger charge is 2.34. The summed E-state index contributed by atoms with van der Waals surface area (Å²) in [6, 6.07) is 2.40. The molecule has 0 unspecified atom stereocenters. The van der Waals surface area contributed by atoms with E-state index in [1.807, 2.05) is 0 Å². The van der Waals surface area contributed by atoms with Crippen molar-refractivity contribution in [3.63, 3.8) is 0 Å². The summed E-state index contributed by atoms with van der Waals surface area (Å²) in [7, 11) is -4.25. The monoisotopic (exact) mass is 333 g/mol. The van der Waals surface area contributed by atoms with Crippen LogP contribution in [0.25, 0.3) is 0 Å². The predicted octanol–water partition coefficient (Wildman–Crippen LogP) is 0.145. The van der Waals surface area contributed by atoms with Gasteiger partial charge in [-0.15, -0.1) is 0 Å². The fraction of sp³-hybridized carbons (Fsp3) is 0.462. The number of amides is 1. The quantitative estimate of drug-likeness (QED) is 0.850. The Kier molecular flexibility index (Phi) is 4.78. The fourth-order valence-electron chi connectivity index (χ4n) is 2.37. The Morgan fingerprint density at radius 3 is 2.14 bits per heavy atom. The van der Waals surface area contributed by atoms with E-state index in [0.717, 1.165) is 22.5 Å². The molecule has 1 aliphatic rings. The van der Waals surface area contributed by atoms with Crippen LogP contribution in [0.5, 0.6) is 0 Å². The van der Waals surface area contributed by atoms with E-state index in [2.05, 4.69) is 0 Å². The largest absolute Gasteiger partial charge is 0.368 e. The summed E-state index contributed by atoms with van der Waals surface area (Å²) < 4.78 is 53.2. The van der Waals surface area contributed by atoms with Crippen LogP contribution in [0.1, 0.15) is 6.92 Å². The van der Waals surface area contributed by atoms with Crippen molar-refractivity contribution >= 4 is 15.9 Å². The molecule has 0 spiro atoms. The van der Waals surface area contributed by atoms with Crippen molar-refractivity contribution in [2.24, 2.45) is 5.73 Å². The van der Waals surface area contributed by atoms with Gasteiger partial charge in [-0.1, -0.05) is 6.07 Å². The first-order chi connectivity index (χ1) is 10.2. The lowest BCUT2D eigenvalue weighted by Gasteiger charge is -2.36. The zero-order valence-electron chi connectivity index (χ0n) is 12.0. The molecule has 1 aromatic rings. The third kappa shape index (κ3) is 3.11. The zero-order valence-corrected chi connectivity index (χ0v) is 12.8. The van der Waals surface area contributed by atoms with Crippen molar-refractivity contribution in [1.82, 2.24) is 9.21 Å². The van der Waals surface area contributed by atoms with Gasteiger partial charge in [-0.3, -0.25) is 9.69 Å². The van der Waals surface area contributed by atoms with Crippen molar-refractivity contribution < 1.29 is 22.0 Å². The van der Waals surface area contributed by atoms with Gasteiger partial charge in [-0.05, 0) is 19.1 Å². The summed E-state index contributed by atoms with van der Waals surface area (Å²) in [6.45, 7) is 2.23. The number of carbonyl (C=O) groups excluding carboxylic acids is 1. The molecule has 122 valence electrons. The summed E-state index contributed by atoms with van der Waals surface area (Å²) in [6.07, 6.45) is 0. The van der Waals surface area contributed by atoms with E-state index < -0.39 is 38.5 Å². The summed E-state index contributed by atoms with van der Waals surface area (Å²) >= 11 is 0. The molecule has 6 nitrogen and oxygen atoms in total. The first-order valence-corrected chi connectivity index (χ1v) is 8.16. The number of nitrogens with two attached hydrogens (primary N) is 1. The molecule has 0 aliphatic carbocycles. The van der Waals surface area contributed by atoms with E-state index in [1.54, 1.807) is 11.8 Å². The Hall–Kier alpha value is -1.58. The van der Waals surface area contributed by atoms with Crippen molar-refractivity contribution in [2.75, 3.05) is 26.2 Å². The van der Waals surface area contributed by atoms with Gasteiger partial charge in [-0.25, -0.2) is 17.2 Å². The summed E-state index contributed by atoms with van der Waals surface area (Å²) in [5.74, 6) is -2.74. The second kappa shape index (κ2) is 6.27. The maximum atomic E-state index is 13.7. The van der Waals surface area contributed by atoms with Gasteiger partial charge in [0.25, 0.3) is 0 Å². The van der Waals surface area contributed by atoms with Gasteiger partial charge < -0.3 is 5.73 Å². The number of piperazine rings is 1. The molecule has 0 bridgehead atoms. The van der Waals surface area contributed by atoms with E-state index in [1.165, 1.54) is 0 Å². The van der Waals surface area contributed by atoms with Crippen molar-refractivity contribution in [2.45, 2.75) is 17.9 Å². The van der Waals surface area contributed by atoms with Crippen LogP contribution in [0.15, 0.2) is 23.1 Å². The number of halogens is 2. The average Bonchev–Trinajstić information content (AvgIpc) is 2.46. The molecule has 2 N–H and O–H groups in total. The maximum absolute atomic E-state index is 13.7. The lowest BCUT2D eigenvalue weighted by Crippen LogP contribution is -2.54. The molecular formula is C13H17F2N3O3S. The summed E-state index contributed by atoms with van der Waals surface area (Å²) in [5, 5.41) is 0. The first kappa shape index (κ1) is 16.8. The van der Waals surface area contributed by atoms with Crippen LogP contribution < -0.4 is 5.73 Å². The standard InChI is InChI=1S/C13H17F2N3O3S/c1-9(13(16)19)17-5-7-18(8-6-17)22(20,21)12-10(14)3-2-4-11(12)15/h2-4,9H,5-8H2,1H3,(H2,16,19)/t9-/m0/s1. The Morgan fingerprint density at radius 2 is 1.68 bits per heavy atom. The lowest BCUT2D eigenvalue weighted by atomic mass is 10.2. The Balaban J connectivity index is 2.19. The van der Waals surface area contributed by atoms with Crippen LogP contribution in [0.2, 0.25) is 0 Å². The highest BCUT2D eigenvalue weighted by atomic mass is 32.2. The molecule has 1 fully saturated rings. The third-order valence-corrected chi connectivity index (χ3v) is 5.70. The number of hydrogen-bond donors (Lipinski definition) is 1. The molecule has 1 aromatic carbocycles. The molecular weight excluding hydrogens is 316 g/mol. The number of sulfonamides is 1. The number of benzene rings is 1. The lowest BCUT2D eigenvalue weighted by molar-refractivity contribution is -0.123. The van der Waals surface area contributed by atoms with E-state index in [0.29, 0.717) is 0 Å². The smallest absolute Gasteiger partial charge is 0.249 e. The molecule has 2 rings (SSSR count). The number of primary amides is 1. The van der Waals surface area contributed by atoms with Gasteiger partial charge >= 0.3 is 0 Å². The molecule has 0 radical (unpaired) electrons. The number of rotatable bonds is 4. The summed E-state index contributed by atoms with van der Waals surface area (Å²) in [5.41, 5.74) is 5.21. The molecule has 0 aromatic heterocycles. The van der Waals surface area contributed by atoms with Gasteiger partial charge in [0.2, 0.25) is 15.9 Å².